The van der Waals surface area contributed by atoms with Crippen molar-refractivity contribution >= 4 is 17.7 Å². The lowest BCUT2D eigenvalue weighted by Gasteiger charge is -2.18. The first-order valence-electron chi connectivity index (χ1n) is 10.2. The van der Waals surface area contributed by atoms with Crippen LogP contribution in [0.4, 0.5) is 0 Å². The molecule has 0 saturated carbocycles. The lowest BCUT2D eigenvalue weighted by Crippen LogP contribution is -2.30. The maximum Gasteiger partial charge on any atom is 0.253 e. The minimum absolute atomic E-state index is 0.0193. The number of aryl methyl sites for hydroxylation is 2. The van der Waals surface area contributed by atoms with E-state index in [0.717, 1.165) is 29.0 Å². The number of carbonyl (C=O) groups excluding carboxylic acids is 3. The van der Waals surface area contributed by atoms with Gasteiger partial charge < -0.3 is 14.2 Å². The van der Waals surface area contributed by atoms with E-state index in [1.165, 1.54) is 4.90 Å². The molecule has 3 amide bonds. The molecule has 1 aromatic heterocycles. The number of imide groups is 1. The summed E-state index contributed by atoms with van der Waals surface area (Å²) in [6, 6.07) is 7.10. The summed E-state index contributed by atoms with van der Waals surface area (Å²) in [6.07, 6.45) is 1.33. The molecule has 0 spiro atoms. The summed E-state index contributed by atoms with van der Waals surface area (Å²) in [5.41, 5.74) is 3.21. The Morgan fingerprint density at radius 2 is 1.87 bits per heavy atom. The predicted molar refractivity (Wildman–Crippen MR) is 106 cm³/mol. The minimum atomic E-state index is -0.139. The Balaban J connectivity index is 1.31. The van der Waals surface area contributed by atoms with Crippen molar-refractivity contribution in [3.63, 3.8) is 0 Å². The third kappa shape index (κ3) is 4.14. The molecule has 30 heavy (non-hydrogen) atoms. The van der Waals surface area contributed by atoms with Crippen LogP contribution < -0.4 is 0 Å². The van der Waals surface area contributed by atoms with Gasteiger partial charge in [0, 0.05) is 37.1 Å². The van der Waals surface area contributed by atoms with Crippen LogP contribution in [-0.2, 0) is 27.5 Å². The van der Waals surface area contributed by atoms with Crippen molar-refractivity contribution < 1.29 is 23.6 Å². The average Bonchev–Trinajstić information content (AvgIpc) is 3.43. The van der Waals surface area contributed by atoms with E-state index in [1.807, 2.05) is 13.8 Å². The topological polar surface area (TPSA) is 93.0 Å². The first-order chi connectivity index (χ1) is 14.4. The van der Waals surface area contributed by atoms with Gasteiger partial charge in [-0.3, -0.25) is 19.3 Å². The van der Waals surface area contributed by atoms with Gasteiger partial charge in [-0.15, -0.1) is 0 Å². The number of hydrogen-bond donors (Lipinski definition) is 0. The highest BCUT2D eigenvalue weighted by molar-refractivity contribution is 6.01. The van der Waals surface area contributed by atoms with Gasteiger partial charge in [-0.25, -0.2) is 0 Å². The molecule has 2 saturated heterocycles. The number of likely N-dealkylation sites (tertiary alicyclic amines) is 2. The quantitative estimate of drug-likeness (QED) is 0.678. The van der Waals surface area contributed by atoms with Crippen LogP contribution in [0.1, 0.15) is 52.2 Å². The fraction of sp³-hybridized carbons (Fsp3) is 0.455. The van der Waals surface area contributed by atoms with Gasteiger partial charge >= 0.3 is 0 Å². The fourth-order valence-electron chi connectivity index (χ4n) is 3.87. The van der Waals surface area contributed by atoms with E-state index in [-0.39, 0.29) is 43.2 Å². The van der Waals surface area contributed by atoms with Crippen LogP contribution in [0.5, 0.6) is 0 Å². The Labute approximate surface area is 174 Å². The maximum absolute atomic E-state index is 12.8. The van der Waals surface area contributed by atoms with Crippen LogP contribution in [0.2, 0.25) is 0 Å². The van der Waals surface area contributed by atoms with Gasteiger partial charge in [0.25, 0.3) is 5.91 Å². The van der Waals surface area contributed by atoms with Crippen molar-refractivity contribution in [2.75, 3.05) is 13.1 Å². The third-order valence-corrected chi connectivity index (χ3v) is 5.77. The minimum Gasteiger partial charge on any atom is -0.371 e. The van der Waals surface area contributed by atoms with Crippen LogP contribution >= 0.6 is 0 Å². The summed E-state index contributed by atoms with van der Waals surface area (Å²) in [4.78, 5) is 39.4. The molecule has 3 heterocycles. The molecule has 1 aromatic carbocycles. The zero-order valence-corrected chi connectivity index (χ0v) is 17.2. The SMILES string of the molecule is Cc1noc(C)c1COC1CCN(C(=O)c2ccc(CN3C(=O)CCC3=O)cc2)C1. The third-order valence-electron chi connectivity index (χ3n) is 5.77. The highest BCUT2D eigenvalue weighted by atomic mass is 16.5. The first kappa shape index (κ1) is 20.3. The normalized spacial score (nSPS) is 19.2. The van der Waals surface area contributed by atoms with E-state index in [0.29, 0.717) is 25.3 Å². The number of benzene rings is 1. The van der Waals surface area contributed by atoms with Crippen molar-refractivity contribution in [1.29, 1.82) is 0 Å². The summed E-state index contributed by atoms with van der Waals surface area (Å²) < 4.78 is 11.1. The lowest BCUT2D eigenvalue weighted by molar-refractivity contribution is -0.139. The van der Waals surface area contributed by atoms with Gasteiger partial charge in [0.05, 0.1) is 24.9 Å². The first-order valence-corrected chi connectivity index (χ1v) is 10.2. The molecular formula is C22H25N3O5. The van der Waals surface area contributed by atoms with Crippen molar-refractivity contribution in [2.24, 2.45) is 0 Å². The largest absolute Gasteiger partial charge is 0.371 e. The predicted octanol–water partition coefficient (Wildman–Crippen LogP) is 2.37. The van der Waals surface area contributed by atoms with E-state index in [2.05, 4.69) is 5.16 Å². The average molecular weight is 411 g/mol. The fourth-order valence-corrected chi connectivity index (χ4v) is 3.87. The maximum atomic E-state index is 12.8. The molecule has 1 atom stereocenters. The van der Waals surface area contributed by atoms with Crippen LogP contribution in [0.25, 0.3) is 0 Å². The second-order valence-electron chi connectivity index (χ2n) is 7.85. The number of carbonyl (C=O) groups is 3. The Morgan fingerprint density at radius 1 is 1.17 bits per heavy atom. The van der Waals surface area contributed by atoms with Crippen molar-refractivity contribution in [3.8, 4) is 0 Å². The van der Waals surface area contributed by atoms with E-state index in [1.54, 1.807) is 29.2 Å². The van der Waals surface area contributed by atoms with Crippen LogP contribution in [0.3, 0.4) is 0 Å². The van der Waals surface area contributed by atoms with Crippen molar-refractivity contribution in [1.82, 2.24) is 15.0 Å². The smallest absolute Gasteiger partial charge is 0.253 e. The Bertz CT molecular complexity index is 930. The number of aromatic nitrogens is 1. The molecule has 2 aliphatic rings. The second-order valence-corrected chi connectivity index (χ2v) is 7.85. The van der Waals surface area contributed by atoms with Gasteiger partial charge in [0.15, 0.2) is 0 Å². The standard InChI is InChI=1S/C22H25N3O5/c1-14-19(15(2)30-23-14)13-29-18-9-10-24(12-18)22(28)17-5-3-16(4-6-17)11-25-20(26)7-8-21(25)27/h3-6,18H,7-13H2,1-2H3. The van der Waals surface area contributed by atoms with Gasteiger partial charge in [-0.05, 0) is 38.0 Å². The van der Waals surface area contributed by atoms with E-state index >= 15 is 0 Å². The molecule has 0 aliphatic carbocycles. The molecule has 158 valence electrons. The molecule has 1 unspecified atom stereocenters. The number of amides is 3. The molecule has 8 nitrogen and oxygen atoms in total. The lowest BCUT2D eigenvalue weighted by atomic mass is 10.1. The summed E-state index contributed by atoms with van der Waals surface area (Å²) in [6.45, 7) is 5.62. The number of nitrogens with zero attached hydrogens (tertiary/aromatic N) is 3. The van der Waals surface area contributed by atoms with Gasteiger partial charge in [0.2, 0.25) is 11.8 Å². The highest BCUT2D eigenvalue weighted by Crippen LogP contribution is 2.21. The molecular weight excluding hydrogens is 386 g/mol. The summed E-state index contributed by atoms with van der Waals surface area (Å²) in [5.74, 6) is 0.439. The number of ether oxygens (including phenoxy) is 1. The highest BCUT2D eigenvalue weighted by Gasteiger charge is 2.30. The van der Waals surface area contributed by atoms with E-state index in [4.69, 9.17) is 9.26 Å². The van der Waals surface area contributed by atoms with Crippen molar-refractivity contribution in [2.45, 2.75) is 52.4 Å². The van der Waals surface area contributed by atoms with Crippen LogP contribution in [0, 0.1) is 13.8 Å². The van der Waals surface area contributed by atoms with Crippen LogP contribution in [0.15, 0.2) is 28.8 Å². The molecule has 2 aliphatic heterocycles. The Morgan fingerprint density at radius 3 is 2.50 bits per heavy atom. The molecule has 0 radical (unpaired) electrons. The van der Waals surface area contributed by atoms with Crippen molar-refractivity contribution in [3.05, 3.63) is 52.4 Å². The number of hydrogen-bond acceptors (Lipinski definition) is 6. The summed E-state index contributed by atoms with van der Waals surface area (Å²) in [5, 5.41) is 3.93. The zero-order chi connectivity index (χ0) is 21.3. The van der Waals surface area contributed by atoms with E-state index in [9.17, 15) is 14.4 Å². The Kier molecular flexibility index (Phi) is 5.67. The molecule has 4 rings (SSSR count). The molecule has 8 heteroatoms. The summed E-state index contributed by atoms with van der Waals surface area (Å²) >= 11 is 0. The monoisotopic (exact) mass is 411 g/mol. The molecule has 2 fully saturated rings. The second kappa shape index (κ2) is 8.39. The molecule has 0 bridgehead atoms. The summed E-state index contributed by atoms with van der Waals surface area (Å²) in [7, 11) is 0. The van der Waals surface area contributed by atoms with Gasteiger partial charge in [0.1, 0.15) is 5.76 Å². The molecule has 0 N–H and O–H groups in total. The molecule has 2 aromatic rings. The number of rotatable bonds is 6. The van der Waals surface area contributed by atoms with E-state index < -0.39 is 0 Å². The van der Waals surface area contributed by atoms with Gasteiger partial charge in [-0.2, -0.15) is 0 Å². The Hall–Kier alpha value is -3.00. The zero-order valence-electron chi connectivity index (χ0n) is 17.2. The van der Waals surface area contributed by atoms with Gasteiger partial charge in [-0.1, -0.05) is 17.3 Å². The van der Waals surface area contributed by atoms with Crippen LogP contribution in [-0.4, -0.2) is 51.9 Å².